The van der Waals surface area contributed by atoms with Crippen molar-refractivity contribution in [2.24, 2.45) is 0 Å². The van der Waals surface area contributed by atoms with Crippen molar-refractivity contribution in [3.8, 4) is 0 Å². The molecule has 3 rings (SSSR count). The normalized spacial score (nSPS) is 14.9. The van der Waals surface area contributed by atoms with Crippen LogP contribution in [0.25, 0.3) is 0 Å². The van der Waals surface area contributed by atoms with Crippen LogP contribution in [0, 0.1) is 0 Å². The summed E-state index contributed by atoms with van der Waals surface area (Å²) in [6, 6.07) is 19.4. The quantitative estimate of drug-likeness (QED) is 0.702. The van der Waals surface area contributed by atoms with Crippen LogP contribution in [-0.4, -0.2) is 65.2 Å². The highest BCUT2D eigenvalue weighted by Crippen LogP contribution is 2.30. The van der Waals surface area contributed by atoms with Gasteiger partial charge in [-0.15, -0.1) is 0 Å². The summed E-state index contributed by atoms with van der Waals surface area (Å²) in [6.45, 7) is 5.74. The molecule has 2 N–H and O–H groups in total. The lowest BCUT2D eigenvalue weighted by molar-refractivity contribution is -0.134. The zero-order chi connectivity index (χ0) is 21.1. The number of carbonyl (C=O) groups is 2. The summed E-state index contributed by atoms with van der Waals surface area (Å²) in [4.78, 5) is 26.8. The van der Waals surface area contributed by atoms with Gasteiger partial charge in [-0.2, -0.15) is 0 Å². The van der Waals surface area contributed by atoms with Gasteiger partial charge in [-0.1, -0.05) is 48.2 Å². The molecule has 0 aliphatic carbocycles. The van der Waals surface area contributed by atoms with E-state index in [2.05, 4.69) is 71.4 Å². The standard InChI is InChI=1S/C18H22N2S.C4H4O4/c1-19-11-13-20(14-12-19)15-16-7-5-6-10-18(16)21-17-8-3-2-4-9-17;5-3(6)1-2-4(7)8/h2-10H,11-15H2,1H3;1-2H,(H,5,6)(H,7,8)/b;2-1+. The van der Waals surface area contributed by atoms with Crippen molar-refractivity contribution in [3.63, 3.8) is 0 Å². The van der Waals surface area contributed by atoms with Crippen molar-refractivity contribution in [1.82, 2.24) is 9.80 Å². The van der Waals surface area contributed by atoms with Crippen LogP contribution in [0.2, 0.25) is 0 Å². The van der Waals surface area contributed by atoms with Crippen molar-refractivity contribution in [1.29, 1.82) is 0 Å². The molecule has 0 spiro atoms. The summed E-state index contributed by atoms with van der Waals surface area (Å²) in [6.07, 6.45) is 1.12. The Morgan fingerprint density at radius 3 is 2.03 bits per heavy atom. The first-order chi connectivity index (χ1) is 13.9. The Bertz CT molecular complexity index is 803. The molecule has 0 atom stereocenters. The molecular formula is C22H26N2O4S. The Morgan fingerprint density at radius 1 is 0.897 bits per heavy atom. The second kappa shape index (κ2) is 12.1. The lowest BCUT2D eigenvalue weighted by Gasteiger charge is -2.32. The SMILES string of the molecule is CN1CCN(Cc2ccccc2Sc2ccccc2)CC1.O=C(O)/C=C/C(=O)O. The Kier molecular flexibility index (Phi) is 9.43. The third-order valence-electron chi connectivity index (χ3n) is 4.30. The zero-order valence-electron chi connectivity index (χ0n) is 16.4. The van der Waals surface area contributed by atoms with Crippen LogP contribution >= 0.6 is 11.8 Å². The molecule has 0 unspecified atom stereocenters. The number of piperazine rings is 1. The second-order valence-corrected chi connectivity index (χ2v) is 7.73. The van der Waals surface area contributed by atoms with E-state index in [0.29, 0.717) is 12.2 Å². The zero-order valence-corrected chi connectivity index (χ0v) is 17.2. The number of hydrogen-bond donors (Lipinski definition) is 2. The molecule has 1 saturated heterocycles. The first-order valence-corrected chi connectivity index (χ1v) is 10.1. The number of hydrogen-bond acceptors (Lipinski definition) is 5. The summed E-state index contributed by atoms with van der Waals surface area (Å²) < 4.78 is 0. The van der Waals surface area contributed by atoms with E-state index in [9.17, 15) is 9.59 Å². The van der Waals surface area contributed by atoms with Crippen LogP contribution in [0.15, 0.2) is 76.5 Å². The summed E-state index contributed by atoms with van der Waals surface area (Å²) >= 11 is 1.87. The monoisotopic (exact) mass is 414 g/mol. The number of aliphatic carboxylic acids is 2. The molecule has 1 fully saturated rings. The molecule has 1 heterocycles. The molecule has 0 amide bonds. The smallest absolute Gasteiger partial charge is 0.328 e. The summed E-state index contributed by atoms with van der Waals surface area (Å²) in [5.74, 6) is -2.51. The third kappa shape index (κ3) is 8.95. The molecular weight excluding hydrogens is 388 g/mol. The third-order valence-corrected chi connectivity index (χ3v) is 5.43. The Balaban J connectivity index is 0.000000321. The van der Waals surface area contributed by atoms with Crippen LogP contribution in [0.4, 0.5) is 0 Å². The van der Waals surface area contributed by atoms with Crippen LogP contribution in [0.5, 0.6) is 0 Å². The molecule has 0 saturated carbocycles. The number of carboxylic acids is 2. The Labute approximate surface area is 175 Å². The fourth-order valence-corrected chi connectivity index (χ4v) is 3.70. The predicted octanol–water partition coefficient (Wildman–Crippen LogP) is 3.30. The first-order valence-electron chi connectivity index (χ1n) is 9.29. The van der Waals surface area contributed by atoms with Gasteiger partial charge in [0, 0.05) is 54.7 Å². The molecule has 1 aliphatic heterocycles. The number of rotatable bonds is 6. The van der Waals surface area contributed by atoms with Crippen molar-refractivity contribution >= 4 is 23.7 Å². The Morgan fingerprint density at radius 2 is 1.45 bits per heavy atom. The number of nitrogens with zero attached hydrogens (tertiary/aromatic N) is 2. The summed E-state index contributed by atoms with van der Waals surface area (Å²) in [5.41, 5.74) is 1.44. The predicted molar refractivity (Wildman–Crippen MR) is 114 cm³/mol. The lowest BCUT2D eigenvalue weighted by atomic mass is 10.2. The maximum Gasteiger partial charge on any atom is 0.328 e. The minimum atomic E-state index is -1.26. The number of carboxylic acid groups (broad SMARTS) is 2. The summed E-state index contributed by atoms with van der Waals surface area (Å²) in [5, 5.41) is 15.6. The molecule has 7 heteroatoms. The van der Waals surface area contributed by atoms with Crippen LogP contribution in [0.1, 0.15) is 5.56 Å². The van der Waals surface area contributed by atoms with Crippen molar-refractivity contribution in [2.75, 3.05) is 33.2 Å². The van der Waals surface area contributed by atoms with Gasteiger partial charge in [-0.25, -0.2) is 9.59 Å². The maximum absolute atomic E-state index is 9.55. The van der Waals surface area contributed by atoms with Gasteiger partial charge < -0.3 is 15.1 Å². The molecule has 2 aromatic rings. The largest absolute Gasteiger partial charge is 0.478 e. The van der Waals surface area contributed by atoms with Crippen molar-refractivity contribution in [3.05, 3.63) is 72.3 Å². The van der Waals surface area contributed by atoms with E-state index >= 15 is 0 Å². The highest BCUT2D eigenvalue weighted by atomic mass is 32.2. The van der Waals surface area contributed by atoms with Gasteiger partial charge in [-0.05, 0) is 30.8 Å². The molecule has 154 valence electrons. The molecule has 0 aromatic heterocycles. The summed E-state index contributed by atoms with van der Waals surface area (Å²) in [7, 11) is 2.20. The lowest BCUT2D eigenvalue weighted by Crippen LogP contribution is -2.43. The second-order valence-electron chi connectivity index (χ2n) is 6.61. The van der Waals surface area contributed by atoms with Gasteiger partial charge in [0.1, 0.15) is 0 Å². The minimum absolute atomic E-state index is 0.558. The van der Waals surface area contributed by atoms with Gasteiger partial charge in [0.25, 0.3) is 0 Å². The number of likely N-dealkylation sites (N-methyl/N-ethyl adjacent to an activating group) is 1. The van der Waals surface area contributed by atoms with E-state index in [1.165, 1.54) is 41.5 Å². The highest BCUT2D eigenvalue weighted by molar-refractivity contribution is 7.99. The fourth-order valence-electron chi connectivity index (χ4n) is 2.74. The van der Waals surface area contributed by atoms with Gasteiger partial charge >= 0.3 is 11.9 Å². The molecule has 1 aliphatic rings. The van der Waals surface area contributed by atoms with Crippen LogP contribution in [0.3, 0.4) is 0 Å². The number of benzene rings is 2. The van der Waals surface area contributed by atoms with Crippen LogP contribution in [-0.2, 0) is 16.1 Å². The van der Waals surface area contributed by atoms with Gasteiger partial charge in [0.05, 0.1) is 0 Å². The molecule has 0 radical (unpaired) electrons. The molecule has 29 heavy (non-hydrogen) atoms. The van der Waals surface area contributed by atoms with E-state index < -0.39 is 11.9 Å². The van der Waals surface area contributed by atoms with E-state index in [1.54, 1.807) is 0 Å². The molecule has 6 nitrogen and oxygen atoms in total. The first kappa shape index (κ1) is 22.7. The average molecular weight is 415 g/mol. The van der Waals surface area contributed by atoms with E-state index in [4.69, 9.17) is 10.2 Å². The van der Waals surface area contributed by atoms with Crippen molar-refractivity contribution in [2.45, 2.75) is 16.3 Å². The van der Waals surface area contributed by atoms with Gasteiger partial charge in [-0.3, -0.25) is 4.90 Å². The molecule has 2 aromatic carbocycles. The van der Waals surface area contributed by atoms with Crippen LogP contribution < -0.4 is 0 Å². The van der Waals surface area contributed by atoms with E-state index in [1.807, 2.05) is 11.8 Å². The van der Waals surface area contributed by atoms with Crippen molar-refractivity contribution < 1.29 is 19.8 Å². The van der Waals surface area contributed by atoms with Gasteiger partial charge in [0.2, 0.25) is 0 Å². The van der Waals surface area contributed by atoms with Gasteiger partial charge in [0.15, 0.2) is 0 Å². The fraction of sp³-hybridized carbons (Fsp3) is 0.273. The molecule has 0 bridgehead atoms. The Hall–Kier alpha value is -2.61. The average Bonchev–Trinajstić information content (AvgIpc) is 2.71. The minimum Gasteiger partial charge on any atom is -0.478 e. The van der Waals surface area contributed by atoms with E-state index in [-0.39, 0.29) is 0 Å². The maximum atomic E-state index is 9.55. The highest BCUT2D eigenvalue weighted by Gasteiger charge is 2.15. The van der Waals surface area contributed by atoms with E-state index in [0.717, 1.165) is 6.54 Å². The topological polar surface area (TPSA) is 81.1 Å².